The summed E-state index contributed by atoms with van der Waals surface area (Å²) in [7, 11) is 1.56. The number of carboxylic acid groups (broad SMARTS) is 1. The number of rotatable bonds is 3. The Morgan fingerprint density at radius 2 is 2.35 bits per heavy atom. The molecule has 0 aromatic heterocycles. The lowest BCUT2D eigenvalue weighted by Crippen LogP contribution is -2.37. The Balaban J connectivity index is 2.17. The van der Waals surface area contributed by atoms with Crippen LogP contribution >= 0.6 is 0 Å². The zero-order valence-corrected chi connectivity index (χ0v) is 9.52. The van der Waals surface area contributed by atoms with Crippen molar-refractivity contribution in [2.75, 3.05) is 25.1 Å². The molecule has 0 amide bonds. The zero-order chi connectivity index (χ0) is 12.5. The van der Waals surface area contributed by atoms with Crippen LogP contribution < -0.4 is 9.64 Å². The van der Waals surface area contributed by atoms with Crippen molar-refractivity contribution < 1.29 is 19.0 Å². The number of aliphatic carboxylic acids is 1. The molecule has 0 saturated carbocycles. The Labute approximate surface area is 98.6 Å². The molecule has 1 N–H and O–H groups in total. The minimum absolute atomic E-state index is 0.0134. The predicted molar refractivity (Wildman–Crippen MR) is 61.3 cm³/mol. The van der Waals surface area contributed by atoms with Crippen molar-refractivity contribution in [3.8, 4) is 5.75 Å². The van der Waals surface area contributed by atoms with Gasteiger partial charge >= 0.3 is 5.97 Å². The molecule has 1 saturated heterocycles. The molecular weight excluding hydrogens is 225 g/mol. The van der Waals surface area contributed by atoms with Crippen LogP contribution in [-0.4, -0.2) is 36.9 Å². The van der Waals surface area contributed by atoms with E-state index in [9.17, 15) is 9.18 Å². The molecule has 0 bridgehead atoms. The standard InChI is InChI=1S/C12H14FNO3/c1-17-10-4-2-3-9(7-10)14-6-5-12(13,8-14)11(15)16/h2-4,7H,5-6,8H2,1H3,(H,15,16). The molecule has 17 heavy (non-hydrogen) atoms. The normalized spacial score (nSPS) is 23.8. The molecule has 1 heterocycles. The number of anilines is 1. The van der Waals surface area contributed by atoms with Crippen LogP contribution in [0.3, 0.4) is 0 Å². The second kappa shape index (κ2) is 4.24. The first-order valence-electron chi connectivity index (χ1n) is 5.36. The van der Waals surface area contributed by atoms with Crippen molar-refractivity contribution in [3.63, 3.8) is 0 Å². The third-order valence-electron chi connectivity index (χ3n) is 3.02. The summed E-state index contributed by atoms with van der Waals surface area (Å²) in [6.45, 7) is 0.283. The van der Waals surface area contributed by atoms with Gasteiger partial charge in [0.25, 0.3) is 0 Å². The Morgan fingerprint density at radius 1 is 1.59 bits per heavy atom. The van der Waals surface area contributed by atoms with E-state index in [4.69, 9.17) is 9.84 Å². The van der Waals surface area contributed by atoms with Gasteiger partial charge in [-0.2, -0.15) is 0 Å². The highest BCUT2D eigenvalue weighted by Gasteiger charge is 2.45. The molecule has 1 unspecified atom stereocenters. The summed E-state index contributed by atoms with van der Waals surface area (Å²) < 4.78 is 19.0. The Hall–Kier alpha value is -1.78. The monoisotopic (exact) mass is 239 g/mol. The lowest BCUT2D eigenvalue weighted by atomic mass is 10.1. The predicted octanol–water partition coefficient (Wildman–Crippen LogP) is 1.70. The van der Waals surface area contributed by atoms with Gasteiger partial charge in [-0.3, -0.25) is 0 Å². The molecule has 0 radical (unpaired) electrons. The van der Waals surface area contributed by atoms with Crippen LogP contribution in [0, 0.1) is 0 Å². The molecule has 4 nitrogen and oxygen atoms in total. The number of hydrogen-bond donors (Lipinski definition) is 1. The number of methoxy groups -OCH3 is 1. The minimum Gasteiger partial charge on any atom is -0.497 e. The molecule has 1 fully saturated rings. The van der Waals surface area contributed by atoms with Gasteiger partial charge in [0.15, 0.2) is 0 Å². The second-order valence-electron chi connectivity index (χ2n) is 4.14. The zero-order valence-electron chi connectivity index (χ0n) is 9.52. The van der Waals surface area contributed by atoms with Gasteiger partial charge in [0.05, 0.1) is 13.7 Å². The molecule has 1 aromatic carbocycles. The number of nitrogens with zero attached hydrogens (tertiary/aromatic N) is 1. The number of halogens is 1. The number of carbonyl (C=O) groups is 1. The lowest BCUT2D eigenvalue weighted by Gasteiger charge is -2.20. The molecule has 1 aliphatic heterocycles. The van der Waals surface area contributed by atoms with E-state index in [1.165, 1.54) is 0 Å². The highest BCUT2D eigenvalue weighted by atomic mass is 19.1. The van der Waals surface area contributed by atoms with E-state index in [2.05, 4.69) is 0 Å². The van der Waals surface area contributed by atoms with Gasteiger partial charge in [-0.1, -0.05) is 6.07 Å². The SMILES string of the molecule is COc1cccc(N2CCC(F)(C(=O)O)C2)c1. The second-order valence-corrected chi connectivity index (χ2v) is 4.14. The fourth-order valence-corrected chi connectivity index (χ4v) is 1.97. The van der Waals surface area contributed by atoms with E-state index in [0.29, 0.717) is 12.3 Å². The summed E-state index contributed by atoms with van der Waals surface area (Å²) in [5.41, 5.74) is -1.35. The van der Waals surface area contributed by atoms with E-state index >= 15 is 0 Å². The van der Waals surface area contributed by atoms with Crippen molar-refractivity contribution in [1.29, 1.82) is 0 Å². The number of benzene rings is 1. The van der Waals surface area contributed by atoms with Crippen molar-refractivity contribution in [3.05, 3.63) is 24.3 Å². The average Bonchev–Trinajstić information content (AvgIpc) is 2.74. The molecule has 1 aliphatic rings. The van der Waals surface area contributed by atoms with E-state index in [-0.39, 0.29) is 13.0 Å². The van der Waals surface area contributed by atoms with Crippen LogP contribution in [0.5, 0.6) is 5.75 Å². The van der Waals surface area contributed by atoms with Crippen LogP contribution in [-0.2, 0) is 4.79 Å². The molecular formula is C12H14FNO3. The average molecular weight is 239 g/mol. The summed E-state index contributed by atoms with van der Waals surface area (Å²) in [6, 6.07) is 7.18. The Bertz CT molecular complexity index is 438. The van der Waals surface area contributed by atoms with Crippen molar-refractivity contribution in [1.82, 2.24) is 0 Å². The van der Waals surface area contributed by atoms with Gasteiger partial charge in [0, 0.05) is 24.7 Å². The summed E-state index contributed by atoms with van der Waals surface area (Å²) in [5.74, 6) is -0.711. The van der Waals surface area contributed by atoms with Crippen molar-refractivity contribution >= 4 is 11.7 Å². The number of hydrogen-bond acceptors (Lipinski definition) is 3. The molecule has 0 spiro atoms. The van der Waals surface area contributed by atoms with Gasteiger partial charge in [0.1, 0.15) is 5.75 Å². The number of carboxylic acids is 1. The smallest absolute Gasteiger partial charge is 0.343 e. The van der Waals surface area contributed by atoms with Gasteiger partial charge in [0.2, 0.25) is 5.67 Å². The van der Waals surface area contributed by atoms with Gasteiger partial charge in [-0.05, 0) is 12.1 Å². The first-order chi connectivity index (χ1) is 8.05. The van der Waals surface area contributed by atoms with E-state index in [1.807, 2.05) is 6.07 Å². The summed E-state index contributed by atoms with van der Waals surface area (Å²) >= 11 is 0. The highest BCUT2D eigenvalue weighted by molar-refractivity contribution is 5.79. The molecule has 2 rings (SSSR count). The highest BCUT2D eigenvalue weighted by Crippen LogP contribution is 2.31. The van der Waals surface area contributed by atoms with Crippen molar-refractivity contribution in [2.24, 2.45) is 0 Å². The van der Waals surface area contributed by atoms with Crippen LogP contribution in [0.2, 0.25) is 0 Å². The maximum atomic E-state index is 13.9. The lowest BCUT2D eigenvalue weighted by molar-refractivity contribution is -0.149. The maximum absolute atomic E-state index is 13.9. The third kappa shape index (κ3) is 2.18. The van der Waals surface area contributed by atoms with Gasteiger partial charge < -0.3 is 14.7 Å². The third-order valence-corrected chi connectivity index (χ3v) is 3.02. The Kier molecular flexibility index (Phi) is 2.92. The van der Waals surface area contributed by atoms with Gasteiger partial charge in [-0.15, -0.1) is 0 Å². The van der Waals surface area contributed by atoms with Crippen LogP contribution in [0.4, 0.5) is 10.1 Å². The molecule has 5 heteroatoms. The topological polar surface area (TPSA) is 49.8 Å². The summed E-state index contributed by atoms with van der Waals surface area (Å²) in [5, 5.41) is 8.81. The van der Waals surface area contributed by atoms with Crippen molar-refractivity contribution in [2.45, 2.75) is 12.1 Å². The fourth-order valence-electron chi connectivity index (χ4n) is 1.97. The fraction of sp³-hybridized carbons (Fsp3) is 0.417. The van der Waals surface area contributed by atoms with Gasteiger partial charge in [-0.25, -0.2) is 9.18 Å². The number of ether oxygens (including phenoxy) is 1. The van der Waals surface area contributed by atoms with Crippen LogP contribution in [0.25, 0.3) is 0 Å². The van der Waals surface area contributed by atoms with E-state index in [1.54, 1.807) is 30.2 Å². The first kappa shape index (κ1) is 11.7. The quantitative estimate of drug-likeness (QED) is 0.872. The molecule has 1 aromatic rings. The van der Waals surface area contributed by atoms with E-state index in [0.717, 1.165) is 5.69 Å². The molecule has 1 atom stereocenters. The minimum atomic E-state index is -2.14. The first-order valence-corrected chi connectivity index (χ1v) is 5.36. The number of alkyl halides is 1. The Morgan fingerprint density at radius 3 is 2.94 bits per heavy atom. The van der Waals surface area contributed by atoms with E-state index < -0.39 is 11.6 Å². The molecule has 0 aliphatic carbocycles. The largest absolute Gasteiger partial charge is 0.497 e. The molecule has 92 valence electrons. The summed E-state index contributed by atoms with van der Waals surface area (Å²) in [6.07, 6.45) is 0.0134. The maximum Gasteiger partial charge on any atom is 0.343 e. The van der Waals surface area contributed by atoms with Crippen LogP contribution in [0.1, 0.15) is 6.42 Å². The summed E-state index contributed by atoms with van der Waals surface area (Å²) in [4.78, 5) is 12.5. The van der Waals surface area contributed by atoms with Crippen LogP contribution in [0.15, 0.2) is 24.3 Å².